The Labute approximate surface area is 157 Å². The quantitative estimate of drug-likeness (QED) is 0.548. The highest BCUT2D eigenvalue weighted by Gasteiger charge is 2.41. The van der Waals surface area contributed by atoms with Crippen molar-refractivity contribution in [2.45, 2.75) is 50.7 Å². The van der Waals surface area contributed by atoms with Gasteiger partial charge in [0.05, 0.1) is 5.56 Å². The molecule has 2 bridgehead atoms. The van der Waals surface area contributed by atoms with Crippen LogP contribution in [0.15, 0.2) is 42.5 Å². The largest absolute Gasteiger partial charge is 0.294 e. The molecule has 2 nitrogen and oxygen atoms in total. The molecule has 142 valence electrons. The van der Waals surface area contributed by atoms with Gasteiger partial charge < -0.3 is 0 Å². The van der Waals surface area contributed by atoms with Crippen LogP contribution in [0.1, 0.15) is 48.0 Å². The number of Topliss-reactive ketones (excluding diaryl/α,β-unsaturated/α-hetero) is 1. The van der Waals surface area contributed by atoms with Crippen LogP contribution in [0.4, 0.5) is 13.2 Å². The number of carbonyl (C=O) groups excluding carboxylic acids is 1. The number of ketones is 1. The molecule has 2 aromatic carbocycles. The Morgan fingerprint density at radius 3 is 2.22 bits per heavy atom. The van der Waals surface area contributed by atoms with Gasteiger partial charge >= 0.3 is 0 Å². The second kappa shape index (κ2) is 7.47. The van der Waals surface area contributed by atoms with Crippen molar-refractivity contribution in [3.8, 4) is 0 Å². The van der Waals surface area contributed by atoms with Crippen LogP contribution in [0, 0.1) is 23.4 Å². The molecule has 2 aliphatic rings. The van der Waals surface area contributed by atoms with Crippen LogP contribution >= 0.6 is 0 Å². The Morgan fingerprint density at radius 2 is 1.56 bits per heavy atom. The number of halogens is 3. The molecule has 5 heteroatoms. The summed E-state index contributed by atoms with van der Waals surface area (Å²) >= 11 is 0. The van der Waals surface area contributed by atoms with Gasteiger partial charge in [0.1, 0.15) is 5.82 Å². The fourth-order valence-electron chi connectivity index (χ4n) is 4.68. The lowest BCUT2D eigenvalue weighted by Gasteiger charge is -2.48. The summed E-state index contributed by atoms with van der Waals surface area (Å²) in [7, 11) is 0. The van der Waals surface area contributed by atoms with Crippen molar-refractivity contribution in [2.24, 2.45) is 5.92 Å². The first-order chi connectivity index (χ1) is 13.0. The molecule has 27 heavy (non-hydrogen) atoms. The Bertz CT molecular complexity index is 825. The van der Waals surface area contributed by atoms with Gasteiger partial charge in [-0.2, -0.15) is 0 Å². The number of fused-ring (bicyclic) bond motifs is 2. The molecule has 2 unspecified atom stereocenters. The smallest absolute Gasteiger partial charge is 0.169 e. The molecule has 0 amide bonds. The SMILES string of the molecule is O=C(c1cc(F)c(F)cc1F)C1CC2CCCC(C1)N2Cc1ccccc1. The van der Waals surface area contributed by atoms with E-state index in [-0.39, 0.29) is 23.6 Å². The lowest BCUT2D eigenvalue weighted by atomic mass is 9.75. The normalized spacial score (nSPS) is 25.4. The van der Waals surface area contributed by atoms with E-state index in [0.717, 1.165) is 25.8 Å². The van der Waals surface area contributed by atoms with E-state index in [1.165, 1.54) is 5.56 Å². The van der Waals surface area contributed by atoms with Gasteiger partial charge in [-0.3, -0.25) is 9.69 Å². The third-order valence-electron chi connectivity index (χ3n) is 5.98. The van der Waals surface area contributed by atoms with Gasteiger partial charge in [0.25, 0.3) is 0 Å². The summed E-state index contributed by atoms with van der Waals surface area (Å²) in [5.41, 5.74) is 0.916. The minimum Gasteiger partial charge on any atom is -0.294 e. The van der Waals surface area contributed by atoms with Crippen molar-refractivity contribution in [3.63, 3.8) is 0 Å². The average molecular weight is 373 g/mol. The minimum atomic E-state index is -1.27. The second-order valence-corrected chi connectivity index (χ2v) is 7.68. The Kier molecular flexibility index (Phi) is 5.04. The highest BCUT2D eigenvalue weighted by Crippen LogP contribution is 2.39. The third kappa shape index (κ3) is 3.65. The van der Waals surface area contributed by atoms with Crippen molar-refractivity contribution in [3.05, 3.63) is 71.0 Å². The van der Waals surface area contributed by atoms with E-state index >= 15 is 0 Å². The second-order valence-electron chi connectivity index (χ2n) is 7.68. The Balaban J connectivity index is 1.53. The number of carbonyl (C=O) groups is 1. The lowest BCUT2D eigenvalue weighted by Crippen LogP contribution is -2.52. The van der Waals surface area contributed by atoms with Crippen LogP contribution in [0.5, 0.6) is 0 Å². The van der Waals surface area contributed by atoms with Crippen LogP contribution < -0.4 is 0 Å². The van der Waals surface area contributed by atoms with Crippen molar-refractivity contribution in [2.75, 3.05) is 0 Å². The molecule has 0 aliphatic carbocycles. The van der Waals surface area contributed by atoms with Crippen LogP contribution in [0.2, 0.25) is 0 Å². The number of hydrogen-bond acceptors (Lipinski definition) is 2. The lowest BCUT2D eigenvalue weighted by molar-refractivity contribution is 0.00893. The summed E-state index contributed by atoms with van der Waals surface area (Å²) in [4.78, 5) is 15.3. The van der Waals surface area contributed by atoms with Gasteiger partial charge in [0, 0.05) is 30.6 Å². The van der Waals surface area contributed by atoms with Gasteiger partial charge in [-0.15, -0.1) is 0 Å². The van der Waals surface area contributed by atoms with Crippen LogP contribution in [0.3, 0.4) is 0 Å². The summed E-state index contributed by atoms with van der Waals surface area (Å²) in [6.45, 7) is 0.844. The zero-order valence-electron chi connectivity index (χ0n) is 15.0. The summed E-state index contributed by atoms with van der Waals surface area (Å²) in [6, 6.07) is 11.9. The molecule has 0 saturated carbocycles. The molecular formula is C22H22F3NO. The number of rotatable bonds is 4. The van der Waals surface area contributed by atoms with E-state index < -0.39 is 23.2 Å². The molecule has 0 spiro atoms. The molecule has 2 saturated heterocycles. The molecule has 4 rings (SSSR count). The molecule has 0 aromatic heterocycles. The van der Waals surface area contributed by atoms with E-state index in [0.29, 0.717) is 25.0 Å². The minimum absolute atomic E-state index is 0.264. The van der Waals surface area contributed by atoms with Gasteiger partial charge in [-0.1, -0.05) is 36.8 Å². The Morgan fingerprint density at radius 1 is 0.926 bits per heavy atom. The van der Waals surface area contributed by atoms with Crippen LogP contribution in [-0.4, -0.2) is 22.8 Å². The predicted octanol–water partition coefficient (Wildman–Crippen LogP) is 5.12. The van der Waals surface area contributed by atoms with Crippen LogP contribution in [0.25, 0.3) is 0 Å². The number of hydrogen-bond donors (Lipinski definition) is 0. The monoisotopic (exact) mass is 373 g/mol. The summed E-state index contributed by atoms with van der Waals surface area (Å²) in [6.07, 6.45) is 4.42. The van der Waals surface area contributed by atoms with Crippen molar-refractivity contribution in [1.82, 2.24) is 4.90 Å². The average Bonchev–Trinajstić information content (AvgIpc) is 2.65. The number of nitrogens with zero attached hydrogens (tertiary/aromatic N) is 1. The molecule has 0 radical (unpaired) electrons. The Hall–Kier alpha value is -2.14. The molecule has 2 heterocycles. The third-order valence-corrected chi connectivity index (χ3v) is 5.98. The first-order valence-electron chi connectivity index (χ1n) is 9.51. The first-order valence-corrected chi connectivity index (χ1v) is 9.51. The molecule has 2 aromatic rings. The first kappa shape index (κ1) is 18.2. The zero-order valence-corrected chi connectivity index (χ0v) is 15.0. The van der Waals surface area contributed by atoms with E-state index in [4.69, 9.17) is 0 Å². The van der Waals surface area contributed by atoms with Gasteiger partial charge in [-0.05, 0) is 37.3 Å². The molecule has 0 N–H and O–H groups in total. The molecule has 2 atom stereocenters. The molecule has 2 fully saturated rings. The van der Waals surface area contributed by atoms with Crippen LogP contribution in [-0.2, 0) is 6.54 Å². The molecular weight excluding hydrogens is 351 g/mol. The summed E-state index contributed by atoms with van der Waals surface area (Å²) in [5.74, 6) is -4.16. The number of piperidine rings is 2. The van der Waals surface area contributed by atoms with Gasteiger partial charge in [0.15, 0.2) is 17.4 Å². The number of benzene rings is 2. The van der Waals surface area contributed by atoms with E-state index in [1.807, 2.05) is 18.2 Å². The predicted molar refractivity (Wildman–Crippen MR) is 96.8 cm³/mol. The molecule has 2 aliphatic heterocycles. The van der Waals surface area contributed by atoms with E-state index in [2.05, 4.69) is 17.0 Å². The van der Waals surface area contributed by atoms with Gasteiger partial charge in [0.2, 0.25) is 0 Å². The zero-order chi connectivity index (χ0) is 19.0. The van der Waals surface area contributed by atoms with Crippen molar-refractivity contribution < 1.29 is 18.0 Å². The summed E-state index contributed by atoms with van der Waals surface area (Å²) in [5, 5.41) is 0. The van der Waals surface area contributed by atoms with Gasteiger partial charge in [-0.25, -0.2) is 13.2 Å². The standard InChI is InChI=1S/C22H22F3NO/c23-19-12-21(25)20(24)11-18(19)22(27)15-9-16-7-4-8-17(10-15)26(16)13-14-5-2-1-3-6-14/h1-3,5-6,11-12,15-17H,4,7-10,13H2. The van der Waals surface area contributed by atoms with E-state index in [1.54, 1.807) is 0 Å². The fourth-order valence-corrected chi connectivity index (χ4v) is 4.68. The highest BCUT2D eigenvalue weighted by molar-refractivity contribution is 5.98. The van der Waals surface area contributed by atoms with Crippen molar-refractivity contribution >= 4 is 5.78 Å². The maximum atomic E-state index is 14.1. The summed E-state index contributed by atoms with van der Waals surface area (Å²) < 4.78 is 40.8. The van der Waals surface area contributed by atoms with E-state index in [9.17, 15) is 18.0 Å². The maximum Gasteiger partial charge on any atom is 0.169 e. The van der Waals surface area contributed by atoms with Crippen molar-refractivity contribution in [1.29, 1.82) is 0 Å². The highest BCUT2D eigenvalue weighted by atomic mass is 19.2. The topological polar surface area (TPSA) is 20.3 Å². The maximum absolute atomic E-state index is 14.1. The fraction of sp³-hybridized carbons (Fsp3) is 0.409.